The molecule has 0 unspecified atom stereocenters. The van der Waals surface area contributed by atoms with Crippen LogP contribution >= 0.6 is 0 Å². The molecule has 1 aromatic carbocycles. The van der Waals surface area contributed by atoms with Crippen LogP contribution in [-0.4, -0.2) is 9.97 Å². The summed E-state index contributed by atoms with van der Waals surface area (Å²) in [5, 5.41) is 0. The van der Waals surface area contributed by atoms with Crippen LogP contribution in [0.4, 0.5) is 10.1 Å². The van der Waals surface area contributed by atoms with Crippen molar-refractivity contribution in [2.75, 3.05) is 5.73 Å². The van der Waals surface area contributed by atoms with Gasteiger partial charge in [0.1, 0.15) is 12.1 Å². The van der Waals surface area contributed by atoms with E-state index in [1.807, 2.05) is 32.9 Å². The number of rotatable bonds is 3. The maximum Gasteiger partial charge on any atom is 0.259 e. The smallest absolute Gasteiger partial charge is 0.259 e. The highest BCUT2D eigenvalue weighted by Crippen LogP contribution is 2.34. The second-order valence-corrected chi connectivity index (χ2v) is 5.08. The SMILES string of the molecule is Cc1cc(Oc2ncnc(C)c2F)c(C(C)C)cc1N. The number of hydrogen-bond acceptors (Lipinski definition) is 4. The molecule has 5 heteroatoms. The monoisotopic (exact) mass is 275 g/mol. The van der Waals surface area contributed by atoms with Crippen molar-refractivity contribution in [1.82, 2.24) is 9.97 Å². The number of hydrogen-bond donors (Lipinski definition) is 1. The van der Waals surface area contributed by atoms with Gasteiger partial charge in [0.2, 0.25) is 5.82 Å². The molecule has 2 N–H and O–H groups in total. The van der Waals surface area contributed by atoms with Crippen molar-refractivity contribution in [1.29, 1.82) is 0 Å². The molecule has 0 saturated carbocycles. The van der Waals surface area contributed by atoms with E-state index in [0.717, 1.165) is 11.1 Å². The molecule has 0 fully saturated rings. The molecule has 1 aromatic heterocycles. The summed E-state index contributed by atoms with van der Waals surface area (Å²) in [6, 6.07) is 3.67. The van der Waals surface area contributed by atoms with Gasteiger partial charge >= 0.3 is 0 Å². The second kappa shape index (κ2) is 5.45. The Balaban J connectivity index is 2.47. The Bertz CT molecular complexity index is 641. The highest BCUT2D eigenvalue weighted by atomic mass is 19.1. The average molecular weight is 275 g/mol. The number of aromatic nitrogens is 2. The normalized spacial score (nSPS) is 10.9. The molecule has 0 aliphatic carbocycles. The van der Waals surface area contributed by atoms with Gasteiger partial charge in [0.15, 0.2) is 0 Å². The zero-order valence-corrected chi connectivity index (χ0v) is 12.1. The fourth-order valence-corrected chi connectivity index (χ4v) is 1.87. The van der Waals surface area contributed by atoms with Gasteiger partial charge in [-0.05, 0) is 43.0 Å². The minimum absolute atomic E-state index is 0.0661. The third kappa shape index (κ3) is 2.71. The lowest BCUT2D eigenvalue weighted by Gasteiger charge is -2.16. The topological polar surface area (TPSA) is 61.0 Å². The average Bonchev–Trinajstić information content (AvgIpc) is 2.38. The van der Waals surface area contributed by atoms with E-state index in [1.165, 1.54) is 6.33 Å². The fourth-order valence-electron chi connectivity index (χ4n) is 1.87. The molecule has 0 amide bonds. The second-order valence-electron chi connectivity index (χ2n) is 5.08. The Morgan fingerprint density at radius 2 is 1.90 bits per heavy atom. The van der Waals surface area contributed by atoms with E-state index < -0.39 is 5.82 Å². The minimum Gasteiger partial charge on any atom is -0.436 e. The Morgan fingerprint density at radius 1 is 1.20 bits per heavy atom. The van der Waals surface area contributed by atoms with E-state index in [2.05, 4.69) is 9.97 Å². The minimum atomic E-state index is -0.545. The summed E-state index contributed by atoms with van der Waals surface area (Å²) in [5.41, 5.74) is 8.68. The zero-order chi connectivity index (χ0) is 14.9. The lowest BCUT2D eigenvalue weighted by atomic mass is 9.99. The maximum atomic E-state index is 13.9. The number of nitrogens with two attached hydrogens (primary N) is 1. The van der Waals surface area contributed by atoms with Crippen molar-refractivity contribution in [2.24, 2.45) is 0 Å². The summed E-state index contributed by atoms with van der Waals surface area (Å²) in [4.78, 5) is 7.63. The van der Waals surface area contributed by atoms with Crippen molar-refractivity contribution < 1.29 is 9.13 Å². The molecule has 0 aliphatic rings. The van der Waals surface area contributed by atoms with E-state index in [1.54, 1.807) is 6.92 Å². The molecular weight excluding hydrogens is 257 g/mol. The molecule has 20 heavy (non-hydrogen) atoms. The van der Waals surface area contributed by atoms with Gasteiger partial charge in [0.25, 0.3) is 5.88 Å². The Hall–Kier alpha value is -2.17. The van der Waals surface area contributed by atoms with E-state index in [-0.39, 0.29) is 17.5 Å². The first-order valence-electron chi connectivity index (χ1n) is 6.45. The molecule has 2 rings (SSSR count). The van der Waals surface area contributed by atoms with Gasteiger partial charge in [-0.25, -0.2) is 4.98 Å². The fraction of sp³-hybridized carbons (Fsp3) is 0.333. The van der Waals surface area contributed by atoms with Crippen LogP contribution in [-0.2, 0) is 0 Å². The lowest BCUT2D eigenvalue weighted by Crippen LogP contribution is -2.02. The number of nitrogens with zero attached hydrogens (tertiary/aromatic N) is 2. The number of anilines is 1. The molecule has 2 aromatic rings. The van der Waals surface area contributed by atoms with Crippen LogP contribution in [0.3, 0.4) is 0 Å². The molecule has 106 valence electrons. The summed E-state index contributed by atoms with van der Waals surface area (Å²) in [5.74, 6) is 0.169. The Kier molecular flexibility index (Phi) is 3.88. The Morgan fingerprint density at radius 3 is 2.55 bits per heavy atom. The van der Waals surface area contributed by atoms with Crippen molar-refractivity contribution in [3.63, 3.8) is 0 Å². The third-order valence-electron chi connectivity index (χ3n) is 3.16. The molecule has 0 spiro atoms. The number of nitrogen functional groups attached to an aromatic ring is 1. The molecular formula is C15H18FN3O. The number of halogens is 1. The molecule has 1 heterocycles. The molecule has 0 atom stereocenters. The van der Waals surface area contributed by atoms with Crippen LogP contribution in [0, 0.1) is 19.7 Å². The molecule has 0 aliphatic heterocycles. The highest BCUT2D eigenvalue weighted by molar-refractivity contribution is 5.55. The summed E-state index contributed by atoms with van der Waals surface area (Å²) in [7, 11) is 0. The van der Waals surface area contributed by atoms with E-state index in [4.69, 9.17) is 10.5 Å². The van der Waals surface area contributed by atoms with Crippen molar-refractivity contribution in [3.05, 3.63) is 41.1 Å². The molecule has 0 radical (unpaired) electrons. The van der Waals surface area contributed by atoms with E-state index in [9.17, 15) is 4.39 Å². The third-order valence-corrected chi connectivity index (χ3v) is 3.16. The largest absolute Gasteiger partial charge is 0.436 e. The van der Waals surface area contributed by atoms with Gasteiger partial charge in [-0.3, -0.25) is 0 Å². The predicted molar refractivity (Wildman–Crippen MR) is 76.5 cm³/mol. The van der Waals surface area contributed by atoms with Gasteiger partial charge in [-0.1, -0.05) is 13.8 Å². The van der Waals surface area contributed by atoms with Gasteiger partial charge in [-0.2, -0.15) is 9.37 Å². The van der Waals surface area contributed by atoms with Crippen LogP contribution in [0.1, 0.15) is 36.6 Å². The van der Waals surface area contributed by atoms with Gasteiger partial charge < -0.3 is 10.5 Å². The van der Waals surface area contributed by atoms with Crippen molar-refractivity contribution in [2.45, 2.75) is 33.6 Å². The van der Waals surface area contributed by atoms with Gasteiger partial charge in [0.05, 0.1) is 5.69 Å². The number of benzene rings is 1. The van der Waals surface area contributed by atoms with Crippen molar-refractivity contribution >= 4 is 5.69 Å². The zero-order valence-electron chi connectivity index (χ0n) is 12.1. The predicted octanol–water partition coefficient (Wildman–Crippen LogP) is 3.73. The van der Waals surface area contributed by atoms with Crippen molar-refractivity contribution in [3.8, 4) is 11.6 Å². The number of aryl methyl sites for hydroxylation is 2. The first-order chi connectivity index (χ1) is 9.40. The molecule has 4 nitrogen and oxygen atoms in total. The summed E-state index contributed by atoms with van der Waals surface area (Å²) in [6.45, 7) is 7.51. The standard InChI is InChI=1S/C15H18FN3O/c1-8(2)11-6-12(17)9(3)5-13(11)20-15-14(16)10(4)18-7-19-15/h5-8H,17H2,1-4H3. The summed E-state index contributed by atoms with van der Waals surface area (Å²) in [6.07, 6.45) is 1.28. The first kappa shape index (κ1) is 14.2. The molecule has 0 saturated heterocycles. The van der Waals surface area contributed by atoms with Crippen LogP contribution in [0.15, 0.2) is 18.5 Å². The van der Waals surface area contributed by atoms with E-state index >= 15 is 0 Å². The molecule has 0 bridgehead atoms. The van der Waals surface area contributed by atoms with Gasteiger partial charge in [-0.15, -0.1) is 0 Å². The lowest BCUT2D eigenvalue weighted by molar-refractivity contribution is 0.411. The number of ether oxygens (including phenoxy) is 1. The quantitative estimate of drug-likeness (QED) is 0.867. The van der Waals surface area contributed by atoms with Crippen LogP contribution < -0.4 is 10.5 Å². The first-order valence-corrected chi connectivity index (χ1v) is 6.45. The van der Waals surface area contributed by atoms with Crippen LogP contribution in [0.5, 0.6) is 11.6 Å². The Labute approximate surface area is 117 Å². The highest BCUT2D eigenvalue weighted by Gasteiger charge is 2.15. The van der Waals surface area contributed by atoms with Gasteiger partial charge in [0, 0.05) is 5.69 Å². The van der Waals surface area contributed by atoms with E-state index in [0.29, 0.717) is 11.4 Å². The maximum absolute atomic E-state index is 13.9. The van der Waals surface area contributed by atoms with Crippen LogP contribution in [0.2, 0.25) is 0 Å². The van der Waals surface area contributed by atoms with Crippen LogP contribution in [0.25, 0.3) is 0 Å². The summed E-state index contributed by atoms with van der Waals surface area (Å²) >= 11 is 0. The summed E-state index contributed by atoms with van der Waals surface area (Å²) < 4.78 is 19.6.